The highest BCUT2D eigenvalue weighted by Gasteiger charge is 2.46. The van der Waals surface area contributed by atoms with Crippen LogP contribution in [-0.2, 0) is 5.41 Å². The monoisotopic (exact) mass is 706 g/mol. The van der Waals surface area contributed by atoms with Crippen LogP contribution in [0.3, 0.4) is 0 Å². The van der Waals surface area contributed by atoms with Gasteiger partial charge in [0.2, 0.25) is 0 Å². The van der Waals surface area contributed by atoms with E-state index >= 15 is 8.78 Å². The summed E-state index contributed by atoms with van der Waals surface area (Å²) < 4.78 is 32.2. The minimum absolute atomic E-state index is 0.195. The molecule has 0 spiro atoms. The van der Waals surface area contributed by atoms with Crippen molar-refractivity contribution >= 4 is 43.1 Å². The van der Waals surface area contributed by atoms with Gasteiger partial charge < -0.3 is 0 Å². The highest BCUT2D eigenvalue weighted by atomic mass is 19.1. The van der Waals surface area contributed by atoms with Gasteiger partial charge in [-0.05, 0) is 89.3 Å². The van der Waals surface area contributed by atoms with Crippen molar-refractivity contribution in [1.29, 1.82) is 0 Å². The van der Waals surface area contributed by atoms with Crippen LogP contribution < -0.4 is 0 Å². The third kappa shape index (κ3) is 4.43. The summed E-state index contributed by atoms with van der Waals surface area (Å²) in [5, 5.41) is 5.99. The van der Waals surface area contributed by atoms with Gasteiger partial charge >= 0.3 is 0 Å². The highest BCUT2D eigenvalue weighted by molar-refractivity contribution is 6.15. The SMILES string of the molecule is Fc1c2ccccc2c(-c2ccc3c(c2)C(c2ccccc2)(c2ccccc2)c2cc(-c4c5ccccc5c(F)c5ccccc45)ccc2-3)c2ccccc12. The van der Waals surface area contributed by atoms with Gasteiger partial charge in [-0.2, -0.15) is 0 Å². The van der Waals surface area contributed by atoms with E-state index in [0.29, 0.717) is 21.5 Å². The van der Waals surface area contributed by atoms with E-state index < -0.39 is 5.41 Å². The molecule has 11 rings (SSSR count). The van der Waals surface area contributed by atoms with E-state index in [1.165, 1.54) is 11.1 Å². The lowest BCUT2D eigenvalue weighted by atomic mass is 9.67. The molecule has 1 aliphatic carbocycles. The second-order valence-electron chi connectivity index (χ2n) is 14.6. The van der Waals surface area contributed by atoms with Gasteiger partial charge in [-0.15, -0.1) is 0 Å². The van der Waals surface area contributed by atoms with Gasteiger partial charge in [0.1, 0.15) is 11.6 Å². The summed E-state index contributed by atoms with van der Waals surface area (Å²) in [4.78, 5) is 0. The lowest BCUT2D eigenvalue weighted by Crippen LogP contribution is -2.28. The Balaban J connectivity index is 1.26. The predicted molar refractivity (Wildman–Crippen MR) is 225 cm³/mol. The van der Waals surface area contributed by atoms with E-state index in [9.17, 15) is 0 Å². The summed E-state index contributed by atoms with van der Waals surface area (Å²) >= 11 is 0. The first-order valence-corrected chi connectivity index (χ1v) is 18.7. The topological polar surface area (TPSA) is 0 Å². The summed E-state index contributed by atoms with van der Waals surface area (Å²) in [6.07, 6.45) is 0. The largest absolute Gasteiger partial charge is 0.206 e. The predicted octanol–water partition coefficient (Wildman–Crippen LogP) is 14.3. The average molecular weight is 707 g/mol. The second-order valence-corrected chi connectivity index (χ2v) is 14.6. The molecule has 0 N–H and O–H groups in total. The first-order valence-electron chi connectivity index (χ1n) is 18.7. The normalized spacial score (nSPS) is 13.1. The van der Waals surface area contributed by atoms with E-state index in [0.717, 1.165) is 66.1 Å². The van der Waals surface area contributed by atoms with Crippen LogP contribution in [0, 0.1) is 11.6 Å². The minimum atomic E-state index is -0.698. The fourth-order valence-electron chi connectivity index (χ4n) is 9.57. The molecule has 0 amide bonds. The van der Waals surface area contributed by atoms with Crippen LogP contribution in [0.15, 0.2) is 194 Å². The molecule has 0 saturated heterocycles. The number of hydrogen-bond donors (Lipinski definition) is 0. The molecular weight excluding hydrogens is 675 g/mol. The van der Waals surface area contributed by atoms with Crippen LogP contribution in [0.25, 0.3) is 76.5 Å². The summed E-state index contributed by atoms with van der Waals surface area (Å²) in [5.74, 6) is -0.389. The minimum Gasteiger partial charge on any atom is -0.206 e. The van der Waals surface area contributed by atoms with Crippen molar-refractivity contribution in [1.82, 2.24) is 0 Å². The molecule has 10 aromatic carbocycles. The van der Waals surface area contributed by atoms with Crippen molar-refractivity contribution in [2.45, 2.75) is 5.41 Å². The number of fused-ring (bicyclic) bond motifs is 7. The lowest BCUT2D eigenvalue weighted by Gasteiger charge is -2.34. The zero-order valence-corrected chi connectivity index (χ0v) is 29.7. The number of hydrogen-bond acceptors (Lipinski definition) is 0. The molecule has 55 heavy (non-hydrogen) atoms. The Kier molecular flexibility index (Phi) is 6.93. The zero-order valence-electron chi connectivity index (χ0n) is 29.7. The number of rotatable bonds is 4. The third-order valence-electron chi connectivity index (χ3n) is 11.9. The molecule has 0 heterocycles. The standard InChI is InChI=1S/C53H32F2/c54-51-43-23-11-7-19-39(43)49(40-20-8-12-24-44(40)51)33-27-29-37-38-30-28-34(50-41-21-9-13-25-45(41)52(55)46-26-14-10-22-42(46)50)32-48(38)53(47(37)31-33,35-15-3-1-4-16-35)36-17-5-2-6-18-36/h1-32H. The van der Waals surface area contributed by atoms with Crippen LogP contribution in [0.2, 0.25) is 0 Å². The van der Waals surface area contributed by atoms with Gasteiger partial charge in [-0.3, -0.25) is 0 Å². The van der Waals surface area contributed by atoms with E-state index in [-0.39, 0.29) is 11.6 Å². The van der Waals surface area contributed by atoms with E-state index in [1.54, 1.807) is 0 Å². The van der Waals surface area contributed by atoms with Crippen LogP contribution in [0.4, 0.5) is 8.78 Å². The van der Waals surface area contributed by atoms with Gasteiger partial charge in [0.25, 0.3) is 0 Å². The van der Waals surface area contributed by atoms with Gasteiger partial charge in [0.05, 0.1) is 5.41 Å². The smallest absolute Gasteiger partial charge is 0.138 e. The molecule has 0 radical (unpaired) electrons. The van der Waals surface area contributed by atoms with E-state index in [1.807, 2.05) is 97.1 Å². The Morgan fingerprint density at radius 2 is 0.582 bits per heavy atom. The molecule has 1 aliphatic rings. The molecule has 0 aliphatic heterocycles. The summed E-state index contributed by atoms with van der Waals surface area (Å²) in [6.45, 7) is 0. The van der Waals surface area contributed by atoms with E-state index in [2.05, 4.69) is 97.1 Å². The molecule has 258 valence electrons. The van der Waals surface area contributed by atoms with Crippen molar-refractivity contribution < 1.29 is 8.78 Å². The van der Waals surface area contributed by atoms with Gasteiger partial charge in [-0.25, -0.2) is 8.78 Å². The van der Waals surface area contributed by atoms with Crippen LogP contribution in [0.5, 0.6) is 0 Å². The molecule has 0 atom stereocenters. The number of benzene rings is 10. The maximum absolute atomic E-state index is 16.1. The van der Waals surface area contributed by atoms with Crippen molar-refractivity contribution in [2.24, 2.45) is 0 Å². The lowest BCUT2D eigenvalue weighted by molar-refractivity contribution is 0.651. The summed E-state index contributed by atoms with van der Waals surface area (Å²) in [6, 6.07) is 66.4. The Hall–Kier alpha value is -6.90. The summed E-state index contributed by atoms with van der Waals surface area (Å²) in [5.41, 5.74) is 10.4. The Morgan fingerprint density at radius 3 is 0.909 bits per heavy atom. The van der Waals surface area contributed by atoms with Gasteiger partial charge in [0, 0.05) is 21.5 Å². The molecule has 0 nitrogen and oxygen atoms in total. The van der Waals surface area contributed by atoms with Crippen LogP contribution >= 0.6 is 0 Å². The molecule has 0 unspecified atom stereocenters. The first kappa shape index (κ1) is 31.6. The average Bonchev–Trinajstić information content (AvgIpc) is 3.54. The molecular formula is C53H32F2. The van der Waals surface area contributed by atoms with Crippen molar-refractivity contribution in [2.75, 3.05) is 0 Å². The number of halogens is 2. The Morgan fingerprint density at radius 1 is 0.291 bits per heavy atom. The maximum atomic E-state index is 16.1. The quantitative estimate of drug-likeness (QED) is 0.160. The zero-order chi connectivity index (χ0) is 36.7. The molecule has 0 fully saturated rings. The fraction of sp³-hybridized carbons (Fsp3) is 0.0189. The van der Waals surface area contributed by atoms with Crippen molar-refractivity contribution in [3.8, 4) is 33.4 Å². The Labute approximate surface area is 317 Å². The molecule has 0 saturated carbocycles. The third-order valence-corrected chi connectivity index (χ3v) is 11.9. The highest BCUT2D eigenvalue weighted by Crippen LogP contribution is 2.58. The second kappa shape index (κ2) is 12.1. The van der Waals surface area contributed by atoms with Crippen LogP contribution in [0.1, 0.15) is 22.3 Å². The van der Waals surface area contributed by atoms with E-state index in [4.69, 9.17) is 0 Å². The molecule has 0 bridgehead atoms. The fourth-order valence-corrected chi connectivity index (χ4v) is 9.57. The van der Waals surface area contributed by atoms with Gasteiger partial charge in [0.15, 0.2) is 0 Å². The molecule has 0 aromatic heterocycles. The van der Waals surface area contributed by atoms with Gasteiger partial charge in [-0.1, -0.05) is 182 Å². The van der Waals surface area contributed by atoms with Crippen molar-refractivity contribution in [3.05, 3.63) is 228 Å². The maximum Gasteiger partial charge on any atom is 0.138 e. The summed E-state index contributed by atoms with van der Waals surface area (Å²) in [7, 11) is 0. The first-order chi connectivity index (χ1) is 27.1. The Bertz CT molecular complexity index is 2830. The van der Waals surface area contributed by atoms with Crippen molar-refractivity contribution in [3.63, 3.8) is 0 Å². The molecule has 10 aromatic rings. The van der Waals surface area contributed by atoms with Crippen LogP contribution in [-0.4, -0.2) is 0 Å². The molecule has 2 heteroatoms.